The van der Waals surface area contributed by atoms with Crippen molar-refractivity contribution >= 4 is 11.4 Å². The minimum absolute atomic E-state index is 0.941. The van der Waals surface area contributed by atoms with E-state index in [0.717, 1.165) is 24.2 Å². The van der Waals surface area contributed by atoms with Gasteiger partial charge < -0.3 is 0 Å². The molecule has 0 saturated heterocycles. The highest BCUT2D eigenvalue weighted by Crippen LogP contribution is 2.22. The van der Waals surface area contributed by atoms with Gasteiger partial charge in [-0.15, -0.1) is 0 Å². The van der Waals surface area contributed by atoms with E-state index in [1.807, 2.05) is 0 Å². The Morgan fingerprint density at radius 3 is 2.82 bits per heavy atom. The van der Waals surface area contributed by atoms with Gasteiger partial charge in [0.15, 0.2) is 0 Å². The summed E-state index contributed by atoms with van der Waals surface area (Å²) >= 11 is 0. The van der Waals surface area contributed by atoms with Crippen LogP contribution in [-0.2, 0) is 0 Å². The second-order valence-corrected chi connectivity index (χ2v) is 4.57. The van der Waals surface area contributed by atoms with E-state index >= 15 is 0 Å². The van der Waals surface area contributed by atoms with E-state index in [-0.39, 0.29) is 0 Å². The molecule has 0 bridgehead atoms. The number of allylic oxidation sites excluding steroid dienone is 4. The summed E-state index contributed by atoms with van der Waals surface area (Å²) in [7, 11) is 0. The SMILES string of the molecule is CCC1=C/C(=N/c2cc(C)ccc2C)CC=C1. The fraction of sp³-hybridized carbons (Fsp3) is 0.312. The summed E-state index contributed by atoms with van der Waals surface area (Å²) in [5, 5.41) is 0. The average Bonchev–Trinajstić information content (AvgIpc) is 2.34. The predicted octanol–water partition coefficient (Wildman–Crippen LogP) is 4.67. The third-order valence-corrected chi connectivity index (χ3v) is 3.05. The minimum atomic E-state index is 0.941. The lowest BCUT2D eigenvalue weighted by molar-refractivity contribution is 1.14. The number of aliphatic imine (C=N–C) groups is 1. The molecule has 1 heteroatoms. The molecular formula is C16H19N. The summed E-state index contributed by atoms with van der Waals surface area (Å²) in [6.45, 7) is 6.40. The van der Waals surface area contributed by atoms with Gasteiger partial charge in [-0.2, -0.15) is 0 Å². The van der Waals surface area contributed by atoms with Crippen molar-refractivity contribution in [1.29, 1.82) is 0 Å². The van der Waals surface area contributed by atoms with Crippen LogP contribution in [0.25, 0.3) is 0 Å². The minimum Gasteiger partial charge on any atom is -0.253 e. The van der Waals surface area contributed by atoms with Crippen molar-refractivity contribution in [3.05, 3.63) is 53.1 Å². The van der Waals surface area contributed by atoms with Crippen LogP contribution >= 0.6 is 0 Å². The van der Waals surface area contributed by atoms with Gasteiger partial charge in [0, 0.05) is 12.1 Å². The lowest BCUT2D eigenvalue weighted by Crippen LogP contribution is -1.98. The lowest BCUT2D eigenvalue weighted by atomic mass is 10.0. The second kappa shape index (κ2) is 5.13. The molecule has 0 atom stereocenters. The van der Waals surface area contributed by atoms with E-state index in [0.29, 0.717) is 0 Å². The first kappa shape index (κ1) is 11.8. The molecule has 0 amide bonds. The van der Waals surface area contributed by atoms with Gasteiger partial charge in [0.1, 0.15) is 0 Å². The number of hydrogen-bond acceptors (Lipinski definition) is 1. The maximum Gasteiger partial charge on any atom is 0.0664 e. The molecule has 0 saturated carbocycles. The maximum atomic E-state index is 4.77. The highest BCUT2D eigenvalue weighted by molar-refractivity contribution is 5.99. The highest BCUT2D eigenvalue weighted by Gasteiger charge is 2.03. The molecule has 17 heavy (non-hydrogen) atoms. The Morgan fingerprint density at radius 2 is 2.06 bits per heavy atom. The van der Waals surface area contributed by atoms with Crippen molar-refractivity contribution < 1.29 is 0 Å². The zero-order chi connectivity index (χ0) is 12.3. The largest absolute Gasteiger partial charge is 0.253 e. The smallest absolute Gasteiger partial charge is 0.0664 e. The molecule has 0 aliphatic heterocycles. The summed E-state index contributed by atoms with van der Waals surface area (Å²) in [5.41, 5.74) is 6.13. The molecule has 0 fully saturated rings. The molecule has 0 N–H and O–H groups in total. The number of aryl methyl sites for hydroxylation is 2. The first-order valence-electron chi connectivity index (χ1n) is 6.21. The van der Waals surface area contributed by atoms with Crippen molar-refractivity contribution in [3.8, 4) is 0 Å². The number of nitrogens with zero attached hydrogens (tertiary/aromatic N) is 1. The molecule has 0 heterocycles. The van der Waals surface area contributed by atoms with Crippen LogP contribution in [0.2, 0.25) is 0 Å². The Balaban J connectivity index is 2.33. The van der Waals surface area contributed by atoms with Crippen molar-refractivity contribution in [2.45, 2.75) is 33.6 Å². The van der Waals surface area contributed by atoms with Crippen LogP contribution in [-0.4, -0.2) is 5.71 Å². The van der Waals surface area contributed by atoms with Gasteiger partial charge in [0.05, 0.1) is 5.69 Å². The Bertz CT molecular complexity index is 504. The second-order valence-electron chi connectivity index (χ2n) is 4.57. The van der Waals surface area contributed by atoms with E-state index in [2.05, 4.69) is 57.2 Å². The van der Waals surface area contributed by atoms with Crippen LogP contribution in [0.15, 0.2) is 47.0 Å². The Morgan fingerprint density at radius 1 is 1.24 bits per heavy atom. The van der Waals surface area contributed by atoms with Crippen molar-refractivity contribution in [1.82, 2.24) is 0 Å². The zero-order valence-corrected chi connectivity index (χ0v) is 10.8. The highest BCUT2D eigenvalue weighted by atomic mass is 14.7. The predicted molar refractivity (Wildman–Crippen MR) is 75.1 cm³/mol. The number of hydrogen-bond donors (Lipinski definition) is 0. The van der Waals surface area contributed by atoms with Gasteiger partial charge in [-0.05, 0) is 49.1 Å². The lowest BCUT2D eigenvalue weighted by Gasteiger charge is -2.08. The third-order valence-electron chi connectivity index (χ3n) is 3.05. The average molecular weight is 225 g/mol. The number of rotatable bonds is 2. The summed E-state index contributed by atoms with van der Waals surface area (Å²) in [4.78, 5) is 4.77. The van der Waals surface area contributed by atoms with Gasteiger partial charge in [-0.1, -0.05) is 31.2 Å². The molecule has 0 aromatic heterocycles. The fourth-order valence-electron chi connectivity index (χ4n) is 1.94. The Labute approximate surface area is 104 Å². The first-order valence-corrected chi connectivity index (χ1v) is 6.21. The van der Waals surface area contributed by atoms with Crippen LogP contribution in [0.3, 0.4) is 0 Å². The zero-order valence-electron chi connectivity index (χ0n) is 10.8. The van der Waals surface area contributed by atoms with Gasteiger partial charge in [-0.3, -0.25) is 4.99 Å². The van der Waals surface area contributed by atoms with Crippen molar-refractivity contribution in [2.75, 3.05) is 0 Å². The van der Waals surface area contributed by atoms with Crippen molar-refractivity contribution in [3.63, 3.8) is 0 Å². The van der Waals surface area contributed by atoms with E-state index in [9.17, 15) is 0 Å². The fourth-order valence-corrected chi connectivity index (χ4v) is 1.94. The molecule has 1 aromatic carbocycles. The standard InChI is InChI=1S/C16H19N/c1-4-14-6-5-7-15(11-14)17-16-10-12(2)8-9-13(16)3/h5-6,8-11H,4,7H2,1-3H3/b17-15+. The first-order chi connectivity index (χ1) is 8.19. The van der Waals surface area contributed by atoms with Gasteiger partial charge in [0.25, 0.3) is 0 Å². The molecule has 1 aliphatic carbocycles. The molecule has 88 valence electrons. The monoisotopic (exact) mass is 225 g/mol. The summed E-state index contributed by atoms with van der Waals surface area (Å²) in [6, 6.07) is 6.42. The summed E-state index contributed by atoms with van der Waals surface area (Å²) in [5.74, 6) is 0. The Hall–Kier alpha value is -1.63. The molecular weight excluding hydrogens is 206 g/mol. The molecule has 0 radical (unpaired) electrons. The van der Waals surface area contributed by atoms with Crippen LogP contribution in [0.5, 0.6) is 0 Å². The molecule has 0 spiro atoms. The van der Waals surface area contributed by atoms with Crippen LogP contribution in [0.1, 0.15) is 30.9 Å². The Kier molecular flexibility index (Phi) is 3.58. The molecule has 1 nitrogen and oxygen atoms in total. The molecule has 1 aromatic rings. The van der Waals surface area contributed by atoms with Crippen LogP contribution in [0, 0.1) is 13.8 Å². The third kappa shape index (κ3) is 2.94. The van der Waals surface area contributed by atoms with E-state index in [4.69, 9.17) is 4.99 Å². The number of benzene rings is 1. The van der Waals surface area contributed by atoms with Crippen molar-refractivity contribution in [2.24, 2.45) is 4.99 Å². The summed E-state index contributed by atoms with van der Waals surface area (Å²) < 4.78 is 0. The maximum absolute atomic E-state index is 4.77. The van der Waals surface area contributed by atoms with Crippen LogP contribution < -0.4 is 0 Å². The van der Waals surface area contributed by atoms with Gasteiger partial charge >= 0.3 is 0 Å². The van der Waals surface area contributed by atoms with E-state index in [1.165, 1.54) is 16.7 Å². The van der Waals surface area contributed by atoms with E-state index < -0.39 is 0 Å². The van der Waals surface area contributed by atoms with Gasteiger partial charge in [-0.25, -0.2) is 0 Å². The normalized spacial score (nSPS) is 17.4. The quantitative estimate of drug-likeness (QED) is 0.693. The molecule has 2 rings (SSSR count). The molecule has 1 aliphatic rings. The summed E-state index contributed by atoms with van der Waals surface area (Å²) in [6.07, 6.45) is 8.62. The molecule has 0 unspecified atom stereocenters. The van der Waals surface area contributed by atoms with E-state index in [1.54, 1.807) is 0 Å². The van der Waals surface area contributed by atoms with Crippen LogP contribution in [0.4, 0.5) is 5.69 Å². The van der Waals surface area contributed by atoms with Gasteiger partial charge in [0.2, 0.25) is 0 Å². The topological polar surface area (TPSA) is 12.4 Å².